The van der Waals surface area contributed by atoms with Crippen LogP contribution in [-0.4, -0.2) is 10.9 Å². The van der Waals surface area contributed by atoms with Gasteiger partial charge in [0.15, 0.2) is 0 Å². The highest BCUT2D eigenvalue weighted by atomic mass is 35.5. The van der Waals surface area contributed by atoms with Crippen LogP contribution in [0.5, 0.6) is 0 Å². The van der Waals surface area contributed by atoms with Gasteiger partial charge in [-0.05, 0) is 48.5 Å². The minimum atomic E-state index is -0.411. The van der Waals surface area contributed by atoms with Crippen molar-refractivity contribution in [3.05, 3.63) is 82.1 Å². The van der Waals surface area contributed by atoms with Crippen LogP contribution in [0, 0.1) is 5.82 Å². The molecule has 7 heteroatoms. The van der Waals surface area contributed by atoms with Crippen molar-refractivity contribution in [3.8, 4) is 10.6 Å². The van der Waals surface area contributed by atoms with Gasteiger partial charge < -0.3 is 5.32 Å². The van der Waals surface area contributed by atoms with Crippen molar-refractivity contribution in [3.63, 3.8) is 0 Å². The average Bonchev–Trinajstić information content (AvgIpc) is 3.08. The molecule has 3 nitrogen and oxygen atoms in total. The van der Waals surface area contributed by atoms with Crippen molar-refractivity contribution in [2.75, 3.05) is 5.32 Å². The summed E-state index contributed by atoms with van der Waals surface area (Å²) in [4.78, 5) is 17.2. The van der Waals surface area contributed by atoms with Crippen molar-refractivity contribution in [1.29, 1.82) is 0 Å². The predicted octanol–water partition coefficient (Wildman–Crippen LogP) is 6.66. The SMILES string of the molecule is O=C(Nc1c(Cl)cc(Cl)cc1-c1nc2ccccc2s1)c1ccc(F)cc1. The van der Waals surface area contributed by atoms with Gasteiger partial charge in [0, 0.05) is 16.1 Å². The minimum absolute atomic E-state index is 0.298. The molecule has 1 aromatic heterocycles. The lowest BCUT2D eigenvalue weighted by atomic mass is 10.1. The Bertz CT molecular complexity index is 1130. The summed E-state index contributed by atoms with van der Waals surface area (Å²) in [6.07, 6.45) is 0. The molecule has 0 aliphatic heterocycles. The molecule has 0 aliphatic carbocycles. The third kappa shape index (κ3) is 3.67. The summed E-state index contributed by atoms with van der Waals surface area (Å²) in [6.45, 7) is 0. The van der Waals surface area contributed by atoms with Crippen LogP contribution < -0.4 is 5.32 Å². The third-order valence-corrected chi connectivity index (χ3v) is 5.51. The normalized spacial score (nSPS) is 10.9. The number of hydrogen-bond donors (Lipinski definition) is 1. The van der Waals surface area contributed by atoms with Crippen molar-refractivity contribution in [2.45, 2.75) is 0 Å². The molecule has 0 aliphatic rings. The molecular weight excluding hydrogens is 406 g/mol. The number of nitrogens with one attached hydrogen (secondary N) is 1. The van der Waals surface area contributed by atoms with E-state index < -0.39 is 11.7 Å². The smallest absolute Gasteiger partial charge is 0.255 e. The van der Waals surface area contributed by atoms with Crippen LogP contribution in [0.15, 0.2) is 60.7 Å². The summed E-state index contributed by atoms with van der Waals surface area (Å²) in [6, 6.07) is 16.3. The Morgan fingerprint density at radius 3 is 2.52 bits per heavy atom. The van der Waals surface area contributed by atoms with Crippen molar-refractivity contribution >= 4 is 56.3 Å². The average molecular weight is 417 g/mol. The summed E-state index contributed by atoms with van der Waals surface area (Å²) in [5.74, 6) is -0.812. The van der Waals surface area contributed by atoms with Gasteiger partial charge in [0.2, 0.25) is 0 Å². The van der Waals surface area contributed by atoms with E-state index in [-0.39, 0.29) is 0 Å². The number of halogens is 3. The first-order valence-electron chi connectivity index (χ1n) is 7.93. The van der Waals surface area contributed by atoms with E-state index in [1.165, 1.54) is 35.6 Å². The first kappa shape index (κ1) is 17.9. The first-order chi connectivity index (χ1) is 13.0. The van der Waals surface area contributed by atoms with Gasteiger partial charge in [0.1, 0.15) is 10.8 Å². The molecule has 1 N–H and O–H groups in total. The second-order valence-electron chi connectivity index (χ2n) is 5.76. The van der Waals surface area contributed by atoms with Crippen LogP contribution in [0.4, 0.5) is 10.1 Å². The zero-order valence-electron chi connectivity index (χ0n) is 13.7. The monoisotopic (exact) mass is 416 g/mol. The zero-order valence-corrected chi connectivity index (χ0v) is 16.0. The fourth-order valence-electron chi connectivity index (χ4n) is 2.64. The molecule has 1 heterocycles. The number of rotatable bonds is 3. The lowest BCUT2D eigenvalue weighted by Gasteiger charge is -2.12. The first-order valence-corrected chi connectivity index (χ1v) is 9.50. The maximum atomic E-state index is 13.1. The van der Waals surface area contributed by atoms with E-state index in [4.69, 9.17) is 23.2 Å². The largest absolute Gasteiger partial charge is 0.320 e. The third-order valence-electron chi connectivity index (χ3n) is 3.92. The molecule has 4 aromatic rings. The van der Waals surface area contributed by atoms with Gasteiger partial charge >= 0.3 is 0 Å². The molecule has 0 bridgehead atoms. The highest BCUT2D eigenvalue weighted by molar-refractivity contribution is 7.21. The molecule has 0 atom stereocenters. The quantitative estimate of drug-likeness (QED) is 0.405. The number of thiazole rings is 1. The van der Waals surface area contributed by atoms with Gasteiger partial charge in [-0.15, -0.1) is 11.3 Å². The van der Waals surface area contributed by atoms with Gasteiger partial charge in [-0.2, -0.15) is 0 Å². The molecule has 0 saturated carbocycles. The predicted molar refractivity (Wildman–Crippen MR) is 109 cm³/mol. The highest BCUT2D eigenvalue weighted by Crippen LogP contribution is 2.40. The lowest BCUT2D eigenvalue weighted by Crippen LogP contribution is -2.13. The van der Waals surface area contributed by atoms with Crippen molar-refractivity contribution in [1.82, 2.24) is 4.98 Å². The molecule has 1 amide bonds. The van der Waals surface area contributed by atoms with E-state index in [2.05, 4.69) is 10.3 Å². The maximum absolute atomic E-state index is 13.1. The fourth-order valence-corrected chi connectivity index (χ4v) is 4.17. The summed E-state index contributed by atoms with van der Waals surface area (Å²) in [5.41, 5.74) is 2.21. The Hall–Kier alpha value is -2.47. The molecule has 3 aromatic carbocycles. The van der Waals surface area contributed by atoms with Crippen LogP contribution >= 0.6 is 34.5 Å². The summed E-state index contributed by atoms with van der Waals surface area (Å²) < 4.78 is 14.1. The standard InChI is InChI=1S/C20H11Cl2FN2OS/c21-12-9-14(20-24-16-3-1-2-4-17(16)27-20)18(15(22)10-12)25-19(26)11-5-7-13(23)8-6-11/h1-10H,(H,25,26). The minimum Gasteiger partial charge on any atom is -0.320 e. The zero-order chi connectivity index (χ0) is 19.0. The Kier molecular flexibility index (Phi) is 4.83. The molecule has 0 spiro atoms. The molecule has 0 saturated heterocycles. The fraction of sp³-hybridized carbons (Fsp3) is 0. The summed E-state index contributed by atoms with van der Waals surface area (Å²) >= 11 is 14.0. The number of benzene rings is 3. The Labute approximate surface area is 168 Å². The number of fused-ring (bicyclic) bond motifs is 1. The number of carbonyl (C=O) groups excluding carboxylic acids is 1. The number of hydrogen-bond acceptors (Lipinski definition) is 3. The van der Waals surface area contributed by atoms with E-state index >= 15 is 0 Å². The van der Waals surface area contributed by atoms with Gasteiger partial charge in [-0.1, -0.05) is 35.3 Å². The number of aromatic nitrogens is 1. The second-order valence-corrected chi connectivity index (χ2v) is 7.63. The van der Waals surface area contributed by atoms with Crippen molar-refractivity contribution < 1.29 is 9.18 Å². The molecule has 134 valence electrons. The van der Waals surface area contributed by atoms with Gasteiger partial charge in [-0.25, -0.2) is 9.37 Å². The number of para-hydroxylation sites is 1. The molecule has 0 unspecified atom stereocenters. The van der Waals surface area contributed by atoms with Crippen LogP contribution in [0.1, 0.15) is 10.4 Å². The number of carbonyl (C=O) groups is 1. The number of anilines is 1. The maximum Gasteiger partial charge on any atom is 0.255 e. The molecule has 27 heavy (non-hydrogen) atoms. The van der Waals surface area contributed by atoms with Crippen LogP contribution in [0.2, 0.25) is 10.0 Å². The van der Waals surface area contributed by atoms with E-state index in [1.807, 2.05) is 24.3 Å². The van der Waals surface area contributed by atoms with Crippen LogP contribution in [0.3, 0.4) is 0 Å². The summed E-state index contributed by atoms with van der Waals surface area (Å²) in [5, 5.41) is 4.23. The topological polar surface area (TPSA) is 42.0 Å². The van der Waals surface area contributed by atoms with Gasteiger partial charge in [-0.3, -0.25) is 4.79 Å². The Balaban J connectivity index is 1.78. The van der Waals surface area contributed by atoms with Gasteiger partial charge in [0.05, 0.1) is 20.9 Å². The molecule has 4 rings (SSSR count). The van der Waals surface area contributed by atoms with Crippen LogP contribution in [0.25, 0.3) is 20.8 Å². The van der Waals surface area contributed by atoms with Crippen molar-refractivity contribution in [2.24, 2.45) is 0 Å². The Morgan fingerprint density at radius 1 is 1.04 bits per heavy atom. The molecule has 0 radical (unpaired) electrons. The van der Waals surface area contributed by atoms with E-state index in [0.29, 0.717) is 31.9 Å². The second kappa shape index (κ2) is 7.27. The Morgan fingerprint density at radius 2 is 1.78 bits per heavy atom. The van der Waals surface area contributed by atoms with E-state index in [0.717, 1.165) is 10.2 Å². The molecular formula is C20H11Cl2FN2OS. The number of nitrogens with zero attached hydrogens (tertiary/aromatic N) is 1. The van der Waals surface area contributed by atoms with E-state index in [9.17, 15) is 9.18 Å². The van der Waals surface area contributed by atoms with E-state index in [1.54, 1.807) is 12.1 Å². The van der Waals surface area contributed by atoms with Gasteiger partial charge in [0.25, 0.3) is 5.91 Å². The molecule has 0 fully saturated rings. The summed E-state index contributed by atoms with van der Waals surface area (Å²) in [7, 11) is 0. The van der Waals surface area contributed by atoms with Crippen LogP contribution in [-0.2, 0) is 0 Å². The lowest BCUT2D eigenvalue weighted by molar-refractivity contribution is 0.102. The number of amides is 1. The highest BCUT2D eigenvalue weighted by Gasteiger charge is 2.18.